The van der Waals surface area contributed by atoms with E-state index < -0.39 is 0 Å². The standard InChI is InChI=1S/C16H31NO/c1-5-17(14-7-8-14)11-12-10-13(16(2,3)4)6-9-15(12)18/h12-15,18H,5-11H2,1-4H3. The largest absolute Gasteiger partial charge is 0.393 e. The molecule has 0 amide bonds. The van der Waals surface area contributed by atoms with E-state index in [1.165, 1.54) is 25.7 Å². The van der Waals surface area contributed by atoms with Crippen LogP contribution in [0.1, 0.15) is 59.8 Å². The summed E-state index contributed by atoms with van der Waals surface area (Å²) in [6.45, 7) is 11.6. The first-order chi connectivity index (χ1) is 8.41. The van der Waals surface area contributed by atoms with Gasteiger partial charge < -0.3 is 10.0 Å². The van der Waals surface area contributed by atoms with Crippen molar-refractivity contribution in [1.82, 2.24) is 4.90 Å². The molecule has 0 aromatic heterocycles. The summed E-state index contributed by atoms with van der Waals surface area (Å²) >= 11 is 0. The number of aliphatic hydroxyl groups excluding tert-OH is 1. The van der Waals surface area contributed by atoms with Crippen LogP contribution in [0.15, 0.2) is 0 Å². The summed E-state index contributed by atoms with van der Waals surface area (Å²) in [6, 6.07) is 0.831. The molecule has 0 saturated heterocycles. The van der Waals surface area contributed by atoms with Crippen molar-refractivity contribution in [3.63, 3.8) is 0 Å². The predicted octanol–water partition coefficient (Wildman–Crippen LogP) is 3.29. The highest BCUT2D eigenvalue weighted by atomic mass is 16.3. The van der Waals surface area contributed by atoms with Gasteiger partial charge in [-0.3, -0.25) is 0 Å². The van der Waals surface area contributed by atoms with Gasteiger partial charge >= 0.3 is 0 Å². The second kappa shape index (κ2) is 5.50. The monoisotopic (exact) mass is 253 g/mol. The molecule has 0 heterocycles. The molecule has 2 rings (SSSR count). The van der Waals surface area contributed by atoms with Gasteiger partial charge in [0.25, 0.3) is 0 Å². The van der Waals surface area contributed by atoms with E-state index in [9.17, 15) is 5.11 Å². The molecule has 2 nitrogen and oxygen atoms in total. The molecule has 1 N–H and O–H groups in total. The Morgan fingerprint density at radius 3 is 2.28 bits per heavy atom. The van der Waals surface area contributed by atoms with E-state index in [1.54, 1.807) is 0 Å². The van der Waals surface area contributed by atoms with E-state index >= 15 is 0 Å². The van der Waals surface area contributed by atoms with Gasteiger partial charge in [0.1, 0.15) is 0 Å². The molecule has 2 heteroatoms. The number of nitrogens with zero attached hydrogens (tertiary/aromatic N) is 1. The van der Waals surface area contributed by atoms with Crippen molar-refractivity contribution in [3.8, 4) is 0 Å². The van der Waals surface area contributed by atoms with Crippen LogP contribution in [0, 0.1) is 17.3 Å². The van der Waals surface area contributed by atoms with Crippen molar-refractivity contribution >= 4 is 0 Å². The average Bonchev–Trinajstić information content (AvgIpc) is 3.10. The first kappa shape index (κ1) is 14.3. The van der Waals surface area contributed by atoms with Crippen molar-refractivity contribution in [2.75, 3.05) is 13.1 Å². The second-order valence-corrected chi connectivity index (χ2v) is 7.52. The van der Waals surface area contributed by atoms with Gasteiger partial charge in [-0.2, -0.15) is 0 Å². The average molecular weight is 253 g/mol. The maximum Gasteiger partial charge on any atom is 0.0580 e. The molecule has 2 aliphatic carbocycles. The highest BCUT2D eigenvalue weighted by Crippen LogP contribution is 2.41. The summed E-state index contributed by atoms with van der Waals surface area (Å²) in [5, 5.41) is 10.3. The normalized spacial score (nSPS) is 34.0. The van der Waals surface area contributed by atoms with Crippen LogP contribution in [-0.2, 0) is 0 Å². The molecule has 0 aliphatic heterocycles. The molecule has 3 unspecified atom stereocenters. The molecule has 106 valence electrons. The van der Waals surface area contributed by atoms with E-state index in [0.29, 0.717) is 11.3 Å². The predicted molar refractivity (Wildman–Crippen MR) is 76.6 cm³/mol. The Bertz CT molecular complexity index is 265. The summed E-state index contributed by atoms with van der Waals surface area (Å²) in [5.74, 6) is 1.28. The Hall–Kier alpha value is -0.0800. The third-order valence-corrected chi connectivity index (χ3v) is 5.11. The lowest BCUT2D eigenvalue weighted by Crippen LogP contribution is -2.42. The quantitative estimate of drug-likeness (QED) is 0.831. The highest BCUT2D eigenvalue weighted by molar-refractivity contribution is 4.90. The third-order valence-electron chi connectivity index (χ3n) is 5.11. The van der Waals surface area contributed by atoms with Crippen LogP contribution in [0.5, 0.6) is 0 Å². The van der Waals surface area contributed by atoms with Gasteiger partial charge in [0.05, 0.1) is 6.10 Å². The minimum absolute atomic E-state index is 0.0589. The SMILES string of the molecule is CCN(CC1CC(C(C)(C)C)CCC1O)C1CC1. The summed E-state index contributed by atoms with van der Waals surface area (Å²) in [7, 11) is 0. The summed E-state index contributed by atoms with van der Waals surface area (Å²) in [4.78, 5) is 2.60. The molecule has 0 aromatic rings. The van der Waals surface area contributed by atoms with Gasteiger partial charge in [0.15, 0.2) is 0 Å². The smallest absolute Gasteiger partial charge is 0.0580 e. The molecule has 18 heavy (non-hydrogen) atoms. The molecular weight excluding hydrogens is 222 g/mol. The van der Waals surface area contributed by atoms with Gasteiger partial charge in [-0.15, -0.1) is 0 Å². The van der Waals surface area contributed by atoms with Crippen molar-refractivity contribution < 1.29 is 5.11 Å². The molecule has 0 bridgehead atoms. The first-order valence-electron chi connectivity index (χ1n) is 7.84. The van der Waals surface area contributed by atoms with Gasteiger partial charge in [0.2, 0.25) is 0 Å². The van der Waals surface area contributed by atoms with E-state index in [0.717, 1.165) is 31.5 Å². The molecule has 2 aliphatic rings. The zero-order valence-corrected chi connectivity index (χ0v) is 12.7. The maximum absolute atomic E-state index is 10.3. The number of rotatable bonds is 4. The zero-order chi connectivity index (χ0) is 13.3. The van der Waals surface area contributed by atoms with Gasteiger partial charge in [-0.05, 0) is 55.9 Å². The Balaban J connectivity index is 1.92. The topological polar surface area (TPSA) is 23.5 Å². The van der Waals surface area contributed by atoms with Crippen LogP contribution in [0.4, 0.5) is 0 Å². The second-order valence-electron chi connectivity index (χ2n) is 7.52. The highest BCUT2D eigenvalue weighted by Gasteiger charge is 2.37. The molecule has 2 saturated carbocycles. The lowest BCUT2D eigenvalue weighted by Gasteiger charge is -2.41. The lowest BCUT2D eigenvalue weighted by molar-refractivity contribution is 0.00279. The summed E-state index contributed by atoms with van der Waals surface area (Å²) in [6.07, 6.45) is 6.12. The molecule has 0 radical (unpaired) electrons. The fourth-order valence-electron chi connectivity index (χ4n) is 3.51. The van der Waals surface area contributed by atoms with Crippen LogP contribution in [-0.4, -0.2) is 35.2 Å². The molecule has 3 atom stereocenters. The van der Waals surface area contributed by atoms with Crippen LogP contribution in [0.3, 0.4) is 0 Å². The molecular formula is C16H31NO. The minimum Gasteiger partial charge on any atom is -0.393 e. The Labute approximate surface area is 113 Å². The molecule has 0 aromatic carbocycles. The third kappa shape index (κ3) is 3.48. The van der Waals surface area contributed by atoms with Crippen molar-refractivity contribution in [1.29, 1.82) is 0 Å². The minimum atomic E-state index is -0.0589. The Morgan fingerprint density at radius 1 is 1.11 bits per heavy atom. The number of hydrogen-bond donors (Lipinski definition) is 1. The Morgan fingerprint density at radius 2 is 1.78 bits per heavy atom. The summed E-state index contributed by atoms with van der Waals surface area (Å²) < 4.78 is 0. The Kier molecular flexibility index (Phi) is 4.38. The van der Waals surface area contributed by atoms with Crippen LogP contribution < -0.4 is 0 Å². The van der Waals surface area contributed by atoms with E-state index in [1.807, 2.05) is 0 Å². The summed E-state index contributed by atoms with van der Waals surface area (Å²) in [5.41, 5.74) is 0.398. The van der Waals surface area contributed by atoms with Crippen LogP contribution >= 0.6 is 0 Å². The first-order valence-corrected chi connectivity index (χ1v) is 7.84. The van der Waals surface area contributed by atoms with Crippen molar-refractivity contribution in [2.45, 2.75) is 71.9 Å². The van der Waals surface area contributed by atoms with E-state index in [2.05, 4.69) is 32.6 Å². The molecule has 0 spiro atoms. The maximum atomic E-state index is 10.3. The zero-order valence-electron chi connectivity index (χ0n) is 12.7. The van der Waals surface area contributed by atoms with Crippen LogP contribution in [0.2, 0.25) is 0 Å². The van der Waals surface area contributed by atoms with Crippen molar-refractivity contribution in [2.24, 2.45) is 17.3 Å². The van der Waals surface area contributed by atoms with Gasteiger partial charge in [-0.1, -0.05) is 27.7 Å². The van der Waals surface area contributed by atoms with Gasteiger partial charge in [0, 0.05) is 12.6 Å². The number of hydrogen-bond acceptors (Lipinski definition) is 2. The number of aliphatic hydroxyl groups is 1. The van der Waals surface area contributed by atoms with E-state index in [4.69, 9.17) is 0 Å². The van der Waals surface area contributed by atoms with E-state index in [-0.39, 0.29) is 6.10 Å². The van der Waals surface area contributed by atoms with Gasteiger partial charge in [-0.25, -0.2) is 0 Å². The fraction of sp³-hybridized carbons (Fsp3) is 1.00. The van der Waals surface area contributed by atoms with Crippen LogP contribution in [0.25, 0.3) is 0 Å². The fourth-order valence-corrected chi connectivity index (χ4v) is 3.51. The molecule has 2 fully saturated rings. The van der Waals surface area contributed by atoms with Crippen molar-refractivity contribution in [3.05, 3.63) is 0 Å². The lowest BCUT2D eigenvalue weighted by atomic mass is 9.68.